The van der Waals surface area contributed by atoms with E-state index >= 15 is 0 Å². The molecule has 0 amide bonds. The Kier molecular flexibility index (Phi) is 4.22. The van der Waals surface area contributed by atoms with E-state index in [-0.39, 0.29) is 0 Å². The Labute approximate surface area is 100 Å². The van der Waals surface area contributed by atoms with Crippen LogP contribution in [0.3, 0.4) is 0 Å². The third-order valence-corrected chi connectivity index (χ3v) is 4.30. The average molecular weight is 225 g/mol. The van der Waals surface area contributed by atoms with E-state index in [1.54, 1.807) is 0 Å². The van der Waals surface area contributed by atoms with Crippen LogP contribution in [0.4, 0.5) is 0 Å². The number of hydrogen-bond donors (Lipinski definition) is 1. The van der Waals surface area contributed by atoms with Crippen molar-refractivity contribution in [2.24, 2.45) is 0 Å². The number of hydrogen-bond acceptors (Lipinski definition) is 3. The predicted molar refractivity (Wildman–Crippen MR) is 68.8 cm³/mol. The highest BCUT2D eigenvalue weighted by molar-refractivity contribution is 4.91. The van der Waals surface area contributed by atoms with Crippen LogP contribution in [-0.2, 0) is 0 Å². The molecule has 2 aliphatic rings. The fraction of sp³-hybridized carbons (Fsp3) is 1.00. The minimum absolute atomic E-state index is 0.670. The van der Waals surface area contributed by atoms with Crippen molar-refractivity contribution in [2.45, 2.75) is 51.2 Å². The monoisotopic (exact) mass is 225 g/mol. The molecule has 0 bridgehead atoms. The zero-order valence-electron chi connectivity index (χ0n) is 11.1. The molecule has 3 nitrogen and oxygen atoms in total. The highest BCUT2D eigenvalue weighted by atomic mass is 15.3. The number of nitrogens with one attached hydrogen (secondary N) is 1. The quantitative estimate of drug-likeness (QED) is 0.777. The zero-order valence-corrected chi connectivity index (χ0v) is 11.1. The summed E-state index contributed by atoms with van der Waals surface area (Å²) in [6.45, 7) is 9.74. The Morgan fingerprint density at radius 3 is 2.88 bits per heavy atom. The molecule has 0 spiro atoms. The molecule has 2 aliphatic heterocycles. The van der Waals surface area contributed by atoms with E-state index in [1.807, 2.05) is 0 Å². The van der Waals surface area contributed by atoms with E-state index in [0.29, 0.717) is 6.04 Å². The molecular formula is C13H27N3. The fourth-order valence-corrected chi connectivity index (χ4v) is 3.40. The molecule has 16 heavy (non-hydrogen) atoms. The molecule has 0 radical (unpaired) electrons. The number of rotatable bonds is 3. The van der Waals surface area contributed by atoms with Crippen LogP contribution in [0.25, 0.3) is 0 Å². The minimum atomic E-state index is 0.670. The van der Waals surface area contributed by atoms with Crippen molar-refractivity contribution in [3.63, 3.8) is 0 Å². The number of nitrogens with zero attached hydrogens (tertiary/aromatic N) is 2. The van der Waals surface area contributed by atoms with Gasteiger partial charge in [0.15, 0.2) is 0 Å². The van der Waals surface area contributed by atoms with Gasteiger partial charge in [-0.3, -0.25) is 9.80 Å². The summed E-state index contributed by atoms with van der Waals surface area (Å²) < 4.78 is 0. The molecule has 0 aromatic rings. The molecule has 2 saturated heterocycles. The van der Waals surface area contributed by atoms with Crippen LogP contribution in [0.5, 0.6) is 0 Å². The van der Waals surface area contributed by atoms with Crippen LogP contribution >= 0.6 is 0 Å². The van der Waals surface area contributed by atoms with Gasteiger partial charge in [-0.15, -0.1) is 0 Å². The number of fused-ring (bicyclic) bond motifs is 1. The van der Waals surface area contributed by atoms with Gasteiger partial charge in [0.1, 0.15) is 0 Å². The van der Waals surface area contributed by atoms with Crippen molar-refractivity contribution in [3.8, 4) is 0 Å². The maximum Gasteiger partial charge on any atom is 0.0224 e. The first-order valence-electron chi connectivity index (χ1n) is 6.86. The molecule has 3 atom stereocenters. The minimum Gasteiger partial charge on any atom is -0.318 e. The summed E-state index contributed by atoms with van der Waals surface area (Å²) in [7, 11) is 2.05. The molecule has 0 aromatic carbocycles. The lowest BCUT2D eigenvalue weighted by atomic mass is 9.96. The molecule has 0 saturated carbocycles. The number of likely N-dealkylation sites (N-methyl/N-ethyl adjacent to an activating group) is 1. The largest absolute Gasteiger partial charge is 0.318 e. The van der Waals surface area contributed by atoms with Gasteiger partial charge in [-0.05, 0) is 40.3 Å². The Hall–Kier alpha value is -0.120. The van der Waals surface area contributed by atoms with Crippen LogP contribution in [-0.4, -0.2) is 61.2 Å². The van der Waals surface area contributed by atoms with Crippen molar-refractivity contribution >= 4 is 0 Å². The van der Waals surface area contributed by atoms with Crippen molar-refractivity contribution in [1.82, 2.24) is 15.1 Å². The third kappa shape index (κ3) is 2.58. The SMILES string of the molecule is CNCC(C)N1CC2CCCCN2CC1C. The lowest BCUT2D eigenvalue weighted by Gasteiger charge is -2.49. The van der Waals surface area contributed by atoms with E-state index in [9.17, 15) is 0 Å². The normalized spacial score (nSPS) is 34.7. The van der Waals surface area contributed by atoms with E-state index in [0.717, 1.165) is 18.6 Å². The molecule has 0 aliphatic carbocycles. The molecule has 3 unspecified atom stereocenters. The predicted octanol–water partition coefficient (Wildman–Crippen LogP) is 1.15. The summed E-state index contributed by atoms with van der Waals surface area (Å²) in [4.78, 5) is 5.42. The maximum absolute atomic E-state index is 3.30. The fourth-order valence-electron chi connectivity index (χ4n) is 3.40. The summed E-state index contributed by atoms with van der Waals surface area (Å²) in [6.07, 6.45) is 4.26. The van der Waals surface area contributed by atoms with Crippen LogP contribution in [0.2, 0.25) is 0 Å². The molecule has 2 fully saturated rings. The summed E-state index contributed by atoms with van der Waals surface area (Å²) in [5, 5.41) is 3.30. The van der Waals surface area contributed by atoms with Crippen LogP contribution in [0.1, 0.15) is 33.1 Å². The van der Waals surface area contributed by atoms with Crippen molar-refractivity contribution in [2.75, 3.05) is 33.2 Å². The van der Waals surface area contributed by atoms with Crippen molar-refractivity contribution in [1.29, 1.82) is 0 Å². The van der Waals surface area contributed by atoms with Gasteiger partial charge in [-0.25, -0.2) is 0 Å². The average Bonchev–Trinajstić information content (AvgIpc) is 2.28. The van der Waals surface area contributed by atoms with E-state index in [4.69, 9.17) is 0 Å². The highest BCUT2D eigenvalue weighted by Crippen LogP contribution is 2.25. The van der Waals surface area contributed by atoms with Crippen LogP contribution < -0.4 is 5.32 Å². The van der Waals surface area contributed by atoms with Gasteiger partial charge in [-0.1, -0.05) is 6.42 Å². The van der Waals surface area contributed by atoms with Gasteiger partial charge in [0.25, 0.3) is 0 Å². The smallest absolute Gasteiger partial charge is 0.0224 e. The molecule has 1 N–H and O–H groups in total. The number of piperazine rings is 1. The van der Waals surface area contributed by atoms with Gasteiger partial charge in [0.2, 0.25) is 0 Å². The van der Waals surface area contributed by atoms with Crippen molar-refractivity contribution < 1.29 is 0 Å². The second kappa shape index (κ2) is 5.48. The molecular weight excluding hydrogens is 198 g/mol. The number of piperidine rings is 1. The summed E-state index contributed by atoms with van der Waals surface area (Å²) in [5.74, 6) is 0. The van der Waals surface area contributed by atoms with Crippen LogP contribution in [0, 0.1) is 0 Å². The third-order valence-electron chi connectivity index (χ3n) is 4.30. The second-order valence-corrected chi connectivity index (χ2v) is 5.60. The zero-order chi connectivity index (χ0) is 11.5. The van der Waals surface area contributed by atoms with Gasteiger partial charge in [0, 0.05) is 37.8 Å². The van der Waals surface area contributed by atoms with Crippen molar-refractivity contribution in [3.05, 3.63) is 0 Å². The molecule has 2 rings (SSSR count). The first-order valence-corrected chi connectivity index (χ1v) is 6.86. The lowest BCUT2D eigenvalue weighted by Crippen LogP contribution is -2.61. The molecule has 3 heteroatoms. The first kappa shape index (κ1) is 12.3. The topological polar surface area (TPSA) is 18.5 Å². The van der Waals surface area contributed by atoms with Crippen LogP contribution in [0.15, 0.2) is 0 Å². The lowest BCUT2D eigenvalue weighted by molar-refractivity contribution is -0.00338. The van der Waals surface area contributed by atoms with Gasteiger partial charge in [-0.2, -0.15) is 0 Å². The Balaban J connectivity index is 1.94. The second-order valence-electron chi connectivity index (χ2n) is 5.60. The maximum atomic E-state index is 3.30. The van der Waals surface area contributed by atoms with E-state index in [2.05, 4.69) is 36.0 Å². The standard InChI is InChI=1S/C13H27N3/c1-11(8-14-3)16-10-13-6-4-5-7-15(13)9-12(16)2/h11-14H,4-10H2,1-3H3. The first-order chi connectivity index (χ1) is 7.72. The molecule has 0 aromatic heterocycles. The van der Waals surface area contributed by atoms with Gasteiger partial charge in [0.05, 0.1) is 0 Å². The Morgan fingerprint density at radius 1 is 1.31 bits per heavy atom. The van der Waals surface area contributed by atoms with E-state index in [1.165, 1.54) is 38.9 Å². The Morgan fingerprint density at radius 2 is 2.12 bits per heavy atom. The molecule has 94 valence electrons. The van der Waals surface area contributed by atoms with E-state index < -0.39 is 0 Å². The molecule has 2 heterocycles. The van der Waals surface area contributed by atoms with Gasteiger partial charge >= 0.3 is 0 Å². The van der Waals surface area contributed by atoms with Gasteiger partial charge < -0.3 is 5.32 Å². The summed E-state index contributed by atoms with van der Waals surface area (Å²) in [6, 6.07) is 2.23. The highest BCUT2D eigenvalue weighted by Gasteiger charge is 2.34. The summed E-state index contributed by atoms with van der Waals surface area (Å²) >= 11 is 0. The summed E-state index contributed by atoms with van der Waals surface area (Å²) in [5.41, 5.74) is 0. The Bertz CT molecular complexity index is 219.